The zero-order valence-corrected chi connectivity index (χ0v) is 21.3. The molecule has 0 N–H and O–H groups in total. The molecule has 2 aliphatic rings. The zero-order valence-electron chi connectivity index (χ0n) is 18.4. The quantitative estimate of drug-likeness (QED) is 0.226. The molecule has 0 bridgehead atoms. The maximum Gasteiger partial charge on any atom is 2.00 e. The third-order valence-corrected chi connectivity index (χ3v) is 5.97. The monoisotopic (exact) mass is 472 g/mol. The van der Waals surface area contributed by atoms with Gasteiger partial charge in [-0.3, -0.25) is 12.0 Å². The molecular formula is C24H34Co2S. The summed E-state index contributed by atoms with van der Waals surface area (Å²) in [7, 11) is 0. The van der Waals surface area contributed by atoms with E-state index in [0.717, 1.165) is 0 Å². The maximum absolute atomic E-state index is 4.86. The van der Waals surface area contributed by atoms with E-state index in [9.17, 15) is 0 Å². The molecule has 27 heavy (non-hydrogen) atoms. The van der Waals surface area contributed by atoms with Gasteiger partial charge in [-0.05, 0) is 59.2 Å². The van der Waals surface area contributed by atoms with Crippen LogP contribution in [-0.4, -0.2) is 0 Å². The molecule has 0 heterocycles. The fourth-order valence-electron chi connectivity index (χ4n) is 2.86. The van der Waals surface area contributed by atoms with Crippen molar-refractivity contribution in [1.82, 2.24) is 0 Å². The molecule has 2 fully saturated rings. The van der Waals surface area contributed by atoms with E-state index in [4.69, 9.17) is 6.58 Å². The normalized spacial score (nSPS) is 22.7. The minimum atomic E-state index is 0. The second-order valence-electron chi connectivity index (χ2n) is 6.77. The molecule has 2 saturated carbocycles. The molecule has 154 valence electrons. The van der Waals surface area contributed by atoms with Crippen molar-refractivity contribution in [3.63, 3.8) is 0 Å². The first-order valence-electron chi connectivity index (χ1n) is 8.74. The summed E-state index contributed by atoms with van der Waals surface area (Å²) in [4.78, 5) is 0. The molecule has 0 amide bonds. The van der Waals surface area contributed by atoms with Crippen LogP contribution in [0, 0.1) is 65.8 Å². The summed E-state index contributed by atoms with van der Waals surface area (Å²) in [6.07, 6.45) is 2.99. The Balaban J connectivity index is -0.000000326. The Morgan fingerprint density at radius 1 is 0.519 bits per heavy atom. The van der Waals surface area contributed by atoms with E-state index in [1.165, 1.54) is 70.7 Å². The Labute approximate surface area is 198 Å². The average molecular weight is 472 g/mol. The van der Waals surface area contributed by atoms with E-state index in [1.54, 1.807) is 6.08 Å². The first-order chi connectivity index (χ1) is 11.5. The van der Waals surface area contributed by atoms with Gasteiger partial charge in [-0.15, -0.1) is 0 Å². The van der Waals surface area contributed by atoms with Crippen LogP contribution in [0.5, 0.6) is 0 Å². The van der Waals surface area contributed by atoms with E-state index in [-0.39, 0.29) is 33.6 Å². The van der Waals surface area contributed by atoms with Crippen molar-refractivity contribution in [3.05, 3.63) is 83.3 Å². The second kappa shape index (κ2) is 15.5. The van der Waals surface area contributed by atoms with Crippen LogP contribution in [0.3, 0.4) is 0 Å². The molecule has 2 rings (SSSR count). The van der Waals surface area contributed by atoms with E-state index in [0.29, 0.717) is 0 Å². The second-order valence-corrected chi connectivity index (χ2v) is 7.04. The summed E-state index contributed by atoms with van der Waals surface area (Å²) in [6.45, 7) is 26.9. The number of hydrogen-bond donors (Lipinski definition) is 0. The van der Waals surface area contributed by atoms with Gasteiger partial charge in [0.1, 0.15) is 0 Å². The molecule has 0 aliphatic heterocycles. The van der Waals surface area contributed by atoms with Crippen LogP contribution in [0.2, 0.25) is 0 Å². The van der Waals surface area contributed by atoms with Gasteiger partial charge in [-0.1, -0.05) is 69.2 Å². The third-order valence-electron chi connectivity index (χ3n) is 5.81. The fraction of sp³-hybridized carbons (Fsp3) is 0.417. The minimum absolute atomic E-state index is 0. The van der Waals surface area contributed by atoms with Crippen molar-refractivity contribution in [1.29, 1.82) is 0 Å². The van der Waals surface area contributed by atoms with Gasteiger partial charge in [0, 0.05) is 16.8 Å². The Hall–Kier alpha value is 0.713. The smallest absolute Gasteiger partial charge is 0.806 e. The predicted molar refractivity (Wildman–Crippen MR) is 115 cm³/mol. The predicted octanol–water partition coefficient (Wildman–Crippen LogP) is 6.98. The number of allylic oxidation sites excluding steroid dienone is 2. The van der Waals surface area contributed by atoms with Crippen LogP contribution in [0.25, 0.3) is 0 Å². The molecule has 0 saturated heterocycles. The van der Waals surface area contributed by atoms with E-state index in [2.05, 4.69) is 81.9 Å². The minimum Gasteiger partial charge on any atom is -0.806 e. The first kappa shape index (κ1) is 32.4. The number of hydrogen-bond acceptors (Lipinski definition) is 1. The Morgan fingerprint density at radius 2 is 0.667 bits per heavy atom. The van der Waals surface area contributed by atoms with Gasteiger partial charge in [0.2, 0.25) is 0 Å². The molecule has 0 aromatic heterocycles. The standard InChI is InChI=1S/2C10H15.C4H5S.2Co/c2*1-6-7(2)9(4)10(5)8(6)3;1-2-3-4-5;;/h2*1-5H3;1-5H;;/q;;-1;;+2/p-1/b;;4-3-;;. The Kier molecular flexibility index (Phi) is 18.6. The van der Waals surface area contributed by atoms with Crippen molar-refractivity contribution in [2.75, 3.05) is 0 Å². The van der Waals surface area contributed by atoms with Crippen molar-refractivity contribution in [3.8, 4) is 0 Å². The molecule has 0 atom stereocenters. The van der Waals surface area contributed by atoms with Crippen LogP contribution >= 0.6 is 0 Å². The van der Waals surface area contributed by atoms with E-state index < -0.39 is 0 Å². The van der Waals surface area contributed by atoms with Gasteiger partial charge in [0.15, 0.2) is 0 Å². The van der Waals surface area contributed by atoms with Crippen LogP contribution in [0.4, 0.5) is 0 Å². The Bertz CT molecular complexity index is 290. The summed E-state index contributed by atoms with van der Waals surface area (Å²) in [5.74, 6) is 14.7. The SMILES string of the molecule is C[C]1[C](C)[C](C)[C](C)[C]1C.C[C]1[C](C)[C](C)[C](C)[C]1C.[CH-]=C/C=C\[S-].[Co+2].[Co]. The zero-order chi connectivity index (χ0) is 19.9. The van der Waals surface area contributed by atoms with Gasteiger partial charge in [-0.2, -0.15) is 0 Å². The van der Waals surface area contributed by atoms with Gasteiger partial charge in [-0.25, -0.2) is 12.2 Å². The van der Waals surface area contributed by atoms with Crippen molar-refractivity contribution < 1.29 is 33.6 Å². The number of rotatable bonds is 1. The topological polar surface area (TPSA) is 0 Å². The van der Waals surface area contributed by atoms with Crippen LogP contribution in [0.1, 0.15) is 69.2 Å². The van der Waals surface area contributed by atoms with Gasteiger partial charge < -0.3 is 12.6 Å². The third kappa shape index (κ3) is 8.94. The average Bonchev–Trinajstić information content (AvgIpc) is 2.87. The molecule has 0 aromatic carbocycles. The van der Waals surface area contributed by atoms with Crippen LogP contribution in [0.15, 0.2) is 17.6 Å². The molecule has 2 aliphatic carbocycles. The summed E-state index contributed by atoms with van der Waals surface area (Å²) in [5.41, 5.74) is 0. The van der Waals surface area contributed by atoms with Crippen molar-refractivity contribution >= 4 is 12.6 Å². The molecule has 0 unspecified atom stereocenters. The molecule has 0 spiro atoms. The van der Waals surface area contributed by atoms with Gasteiger partial charge in [0.05, 0.1) is 0 Å². The Morgan fingerprint density at radius 3 is 0.704 bits per heavy atom. The molecular weight excluding hydrogens is 438 g/mol. The van der Waals surface area contributed by atoms with E-state index >= 15 is 0 Å². The van der Waals surface area contributed by atoms with Crippen molar-refractivity contribution in [2.45, 2.75) is 69.2 Å². The summed E-state index contributed by atoms with van der Waals surface area (Å²) in [5, 5.41) is 1.46. The summed E-state index contributed by atoms with van der Waals surface area (Å²) >= 11 is 4.36. The first-order valence-corrected chi connectivity index (χ1v) is 9.21. The van der Waals surface area contributed by atoms with Gasteiger partial charge in [0.25, 0.3) is 0 Å². The largest absolute Gasteiger partial charge is 2.00 e. The van der Waals surface area contributed by atoms with Crippen LogP contribution < -0.4 is 0 Å². The van der Waals surface area contributed by atoms with E-state index in [1.807, 2.05) is 0 Å². The van der Waals surface area contributed by atoms with Crippen molar-refractivity contribution in [2.24, 2.45) is 0 Å². The fourth-order valence-corrected chi connectivity index (χ4v) is 2.95. The summed E-state index contributed by atoms with van der Waals surface area (Å²) < 4.78 is 0. The molecule has 12 radical (unpaired) electrons. The molecule has 0 nitrogen and oxygen atoms in total. The van der Waals surface area contributed by atoms with Crippen LogP contribution in [-0.2, 0) is 46.2 Å². The molecule has 0 aromatic rings. The summed E-state index contributed by atoms with van der Waals surface area (Å²) in [6, 6.07) is 0. The maximum atomic E-state index is 4.86. The van der Waals surface area contributed by atoms with Gasteiger partial charge >= 0.3 is 16.8 Å². The molecule has 3 heteroatoms.